The minimum atomic E-state index is 0.0929. The second-order valence-electron chi connectivity index (χ2n) is 12.1. The summed E-state index contributed by atoms with van der Waals surface area (Å²) in [5, 5.41) is 0. The van der Waals surface area contributed by atoms with Crippen LogP contribution in [0.4, 0.5) is 17.1 Å². The SMILES string of the molecule is Cc1ccc2c(c1)B1c3cc(C)ccc3N3c4ccc(C)cc4B4c5cc(C)ccc5Oc5c(C)c(c1c3c54)O2. The van der Waals surface area contributed by atoms with E-state index < -0.39 is 0 Å². The molecule has 0 unspecified atom stereocenters. The smallest absolute Gasteiger partial charge is 0.256 e. The molecule has 0 fully saturated rings. The van der Waals surface area contributed by atoms with Crippen molar-refractivity contribution >= 4 is 63.3 Å². The average molecular weight is 515 g/mol. The van der Waals surface area contributed by atoms with E-state index in [-0.39, 0.29) is 13.4 Å². The van der Waals surface area contributed by atoms with Gasteiger partial charge in [-0.05, 0) is 91.7 Å². The summed E-state index contributed by atoms with van der Waals surface area (Å²) in [7, 11) is 0. The van der Waals surface area contributed by atoms with Crippen LogP contribution in [0.1, 0.15) is 27.8 Å². The molecule has 5 heteroatoms. The number of anilines is 3. The maximum atomic E-state index is 6.84. The third-order valence-corrected chi connectivity index (χ3v) is 9.33. The number of hydrogen-bond acceptors (Lipinski definition) is 3. The van der Waals surface area contributed by atoms with Crippen molar-refractivity contribution in [1.29, 1.82) is 0 Å². The van der Waals surface area contributed by atoms with E-state index in [1.165, 1.54) is 72.1 Å². The number of benzene rings is 5. The normalized spacial score (nSPS) is 14.4. The minimum Gasteiger partial charge on any atom is -0.458 e. The second-order valence-corrected chi connectivity index (χ2v) is 12.1. The van der Waals surface area contributed by atoms with Crippen LogP contribution in [0.15, 0.2) is 72.8 Å². The molecular formula is C35H27B2NO2. The molecule has 5 aromatic carbocycles. The fraction of sp³-hybridized carbons (Fsp3) is 0.143. The van der Waals surface area contributed by atoms with E-state index in [4.69, 9.17) is 9.47 Å². The molecule has 0 bridgehead atoms. The average Bonchev–Trinajstić information content (AvgIpc) is 2.94. The molecule has 4 aliphatic heterocycles. The minimum absolute atomic E-state index is 0.0929. The van der Waals surface area contributed by atoms with Crippen molar-refractivity contribution in [1.82, 2.24) is 0 Å². The first kappa shape index (κ1) is 22.4. The Morgan fingerprint density at radius 3 is 1.35 bits per heavy atom. The Morgan fingerprint density at radius 1 is 0.500 bits per heavy atom. The van der Waals surface area contributed by atoms with E-state index in [0.29, 0.717) is 0 Å². The van der Waals surface area contributed by atoms with Crippen LogP contribution in [0.3, 0.4) is 0 Å². The zero-order chi connectivity index (χ0) is 27.0. The summed E-state index contributed by atoms with van der Waals surface area (Å²) in [4.78, 5) is 2.50. The molecule has 5 aromatic rings. The highest BCUT2D eigenvalue weighted by atomic mass is 16.5. The van der Waals surface area contributed by atoms with Crippen LogP contribution in [-0.2, 0) is 0 Å². The summed E-state index contributed by atoms with van der Waals surface area (Å²) >= 11 is 0. The summed E-state index contributed by atoms with van der Waals surface area (Å²) in [6.07, 6.45) is 0. The van der Waals surface area contributed by atoms with Gasteiger partial charge in [0.15, 0.2) is 0 Å². The summed E-state index contributed by atoms with van der Waals surface area (Å²) < 4.78 is 13.7. The Balaban J connectivity index is 1.48. The lowest BCUT2D eigenvalue weighted by atomic mass is 9.29. The molecule has 0 spiro atoms. The van der Waals surface area contributed by atoms with E-state index in [9.17, 15) is 0 Å². The lowest BCUT2D eigenvalue weighted by Crippen LogP contribution is -2.67. The summed E-state index contributed by atoms with van der Waals surface area (Å²) in [5.74, 6) is 3.76. The highest BCUT2D eigenvalue weighted by Gasteiger charge is 2.51. The Bertz CT molecular complexity index is 1860. The Labute approximate surface area is 235 Å². The first-order valence-electron chi connectivity index (χ1n) is 14.2. The van der Waals surface area contributed by atoms with Gasteiger partial charge >= 0.3 is 0 Å². The Hall–Kier alpha value is -4.37. The molecular weight excluding hydrogens is 488 g/mol. The van der Waals surface area contributed by atoms with Crippen LogP contribution in [0.2, 0.25) is 0 Å². The van der Waals surface area contributed by atoms with Crippen LogP contribution in [0.25, 0.3) is 0 Å². The van der Waals surface area contributed by atoms with E-state index in [0.717, 1.165) is 28.6 Å². The molecule has 4 aliphatic rings. The van der Waals surface area contributed by atoms with Gasteiger partial charge in [0.05, 0.1) is 0 Å². The molecule has 0 aromatic heterocycles. The van der Waals surface area contributed by atoms with Crippen LogP contribution < -0.4 is 47.2 Å². The van der Waals surface area contributed by atoms with E-state index in [2.05, 4.69) is 112 Å². The van der Waals surface area contributed by atoms with Crippen LogP contribution in [-0.4, -0.2) is 13.4 Å². The lowest BCUT2D eigenvalue weighted by molar-refractivity contribution is 0.459. The van der Waals surface area contributed by atoms with Crippen molar-refractivity contribution in [3.8, 4) is 23.0 Å². The second kappa shape index (κ2) is 7.42. The van der Waals surface area contributed by atoms with Crippen molar-refractivity contribution in [3.05, 3.63) is 101 Å². The van der Waals surface area contributed by atoms with Crippen LogP contribution in [0, 0.1) is 34.6 Å². The molecule has 0 aliphatic carbocycles. The fourth-order valence-corrected chi connectivity index (χ4v) is 7.64. The molecule has 190 valence electrons. The van der Waals surface area contributed by atoms with Gasteiger partial charge in [0.2, 0.25) is 0 Å². The molecule has 0 N–H and O–H groups in total. The first-order valence-corrected chi connectivity index (χ1v) is 14.2. The van der Waals surface area contributed by atoms with E-state index >= 15 is 0 Å². The third kappa shape index (κ3) is 2.68. The van der Waals surface area contributed by atoms with Crippen molar-refractivity contribution in [2.24, 2.45) is 0 Å². The van der Waals surface area contributed by atoms with Gasteiger partial charge < -0.3 is 14.4 Å². The van der Waals surface area contributed by atoms with Crippen molar-refractivity contribution in [3.63, 3.8) is 0 Å². The van der Waals surface area contributed by atoms with Crippen molar-refractivity contribution in [2.75, 3.05) is 4.90 Å². The number of hydrogen-bond donors (Lipinski definition) is 0. The molecule has 0 amide bonds. The summed E-state index contributed by atoms with van der Waals surface area (Å²) in [6.45, 7) is 11.1. The quantitative estimate of drug-likeness (QED) is 0.277. The Kier molecular flexibility index (Phi) is 4.17. The predicted octanol–water partition coefficient (Wildman–Crippen LogP) is 4.57. The zero-order valence-corrected chi connectivity index (χ0v) is 23.3. The molecule has 0 atom stereocenters. The van der Waals surface area contributed by atoms with E-state index in [1.807, 2.05) is 0 Å². The van der Waals surface area contributed by atoms with E-state index in [1.54, 1.807) is 0 Å². The molecule has 0 radical (unpaired) electrons. The predicted molar refractivity (Wildman–Crippen MR) is 167 cm³/mol. The van der Waals surface area contributed by atoms with Gasteiger partial charge in [0.25, 0.3) is 13.4 Å². The molecule has 9 rings (SSSR count). The number of rotatable bonds is 0. The van der Waals surface area contributed by atoms with Gasteiger partial charge in [-0.1, -0.05) is 70.8 Å². The van der Waals surface area contributed by atoms with Gasteiger partial charge in [-0.3, -0.25) is 0 Å². The topological polar surface area (TPSA) is 21.7 Å². The maximum absolute atomic E-state index is 6.84. The van der Waals surface area contributed by atoms with Gasteiger partial charge in [0, 0.05) is 22.6 Å². The zero-order valence-electron chi connectivity index (χ0n) is 23.3. The standard InChI is InChI=1S/C35H27B2NO2/c1-18-6-10-27-23(14-18)36-25-16-20(3)8-12-29(25)39-34-22(5)35-32-33(31(34)36)38(27)28-11-7-19(2)15-24(28)37(32)26-17-21(4)9-13-30(26)40-35/h6-17H,1-5H3. The first-order chi connectivity index (χ1) is 19.4. The Morgan fingerprint density at radius 2 is 0.900 bits per heavy atom. The molecule has 0 saturated heterocycles. The van der Waals surface area contributed by atoms with Gasteiger partial charge in [0.1, 0.15) is 23.0 Å². The number of aryl methyl sites for hydroxylation is 4. The highest BCUT2D eigenvalue weighted by Crippen LogP contribution is 2.47. The lowest BCUT2D eigenvalue weighted by Gasteiger charge is -2.47. The molecule has 0 saturated carbocycles. The van der Waals surface area contributed by atoms with Crippen LogP contribution in [0.5, 0.6) is 23.0 Å². The summed E-state index contributed by atoms with van der Waals surface area (Å²) in [6, 6.07) is 27.1. The molecule has 3 nitrogen and oxygen atoms in total. The molecule has 40 heavy (non-hydrogen) atoms. The maximum Gasteiger partial charge on any atom is 0.256 e. The monoisotopic (exact) mass is 515 g/mol. The number of ether oxygens (including phenoxy) is 2. The third-order valence-electron chi connectivity index (χ3n) is 9.33. The van der Waals surface area contributed by atoms with Crippen LogP contribution >= 0.6 is 0 Å². The number of fused-ring (bicyclic) bond motifs is 10. The van der Waals surface area contributed by atoms with Crippen molar-refractivity contribution in [2.45, 2.75) is 34.6 Å². The summed E-state index contributed by atoms with van der Waals surface area (Å²) in [5.41, 5.74) is 17.5. The van der Waals surface area contributed by atoms with Gasteiger partial charge in [-0.15, -0.1) is 0 Å². The highest BCUT2D eigenvalue weighted by molar-refractivity contribution is 7.03. The largest absolute Gasteiger partial charge is 0.458 e. The van der Waals surface area contributed by atoms with Gasteiger partial charge in [-0.25, -0.2) is 0 Å². The molecule has 4 heterocycles. The fourth-order valence-electron chi connectivity index (χ4n) is 7.64. The number of nitrogens with zero attached hydrogens (tertiary/aromatic N) is 1. The van der Waals surface area contributed by atoms with Gasteiger partial charge in [-0.2, -0.15) is 0 Å². The van der Waals surface area contributed by atoms with Crippen molar-refractivity contribution < 1.29 is 9.47 Å².